The van der Waals surface area contributed by atoms with Crippen LogP contribution in [0.15, 0.2) is 28.9 Å². The number of rotatable bonds is 0. The Balaban J connectivity index is 3.01. The van der Waals surface area contributed by atoms with Gasteiger partial charge in [0, 0.05) is 0 Å². The number of nitrogens with one attached hydrogen (secondary N) is 1. The molecule has 0 radical (unpaired) electrons. The number of allylic oxidation sites excluding steroid dienone is 1. The van der Waals surface area contributed by atoms with Crippen LogP contribution in [-0.4, -0.2) is 11.9 Å². The largest absolute Gasteiger partial charge is 0.336 e. The minimum atomic E-state index is 0.0587. The monoisotopic (exact) mass is 161 g/mol. The van der Waals surface area contributed by atoms with E-state index in [0.717, 1.165) is 11.4 Å². The summed E-state index contributed by atoms with van der Waals surface area (Å²) in [5.41, 5.74) is 1.36. The van der Waals surface area contributed by atoms with Crippen LogP contribution in [0.1, 0.15) is 13.8 Å². The summed E-state index contributed by atoms with van der Waals surface area (Å²) in [5.74, 6) is 0.758. The molecule has 1 unspecified atom stereocenters. The lowest BCUT2D eigenvalue weighted by atomic mass is 10.1. The van der Waals surface area contributed by atoms with Gasteiger partial charge in [-0.1, -0.05) is 6.58 Å². The van der Waals surface area contributed by atoms with E-state index >= 15 is 0 Å². The molecule has 3 heteroatoms. The molecule has 0 spiro atoms. The first kappa shape index (κ1) is 8.54. The van der Waals surface area contributed by atoms with E-state index < -0.39 is 0 Å². The molecule has 0 fully saturated rings. The number of hydrogen-bond acceptors (Lipinski definition) is 3. The van der Waals surface area contributed by atoms with E-state index in [1.807, 2.05) is 19.9 Å². The predicted molar refractivity (Wildman–Crippen MR) is 48.5 cm³/mol. The number of hydrogen-bond donors (Lipinski definition) is 1. The molecule has 1 N–H and O–H groups in total. The second kappa shape index (κ2) is 3.22. The summed E-state index contributed by atoms with van der Waals surface area (Å²) in [6, 6.07) is 2.09. The average molecular weight is 161 g/mol. The Morgan fingerprint density at radius 2 is 2.42 bits per heavy atom. The van der Waals surface area contributed by atoms with E-state index in [9.17, 15) is 0 Å². The van der Waals surface area contributed by atoms with Crippen molar-refractivity contribution in [2.24, 2.45) is 4.99 Å². The molecule has 0 amide bonds. The molecule has 0 aromatic heterocycles. The highest BCUT2D eigenvalue weighted by Gasteiger charge is 2.09. The first-order valence-corrected chi connectivity index (χ1v) is 3.75. The van der Waals surface area contributed by atoms with Crippen molar-refractivity contribution in [2.45, 2.75) is 19.9 Å². The van der Waals surface area contributed by atoms with E-state index in [0.29, 0.717) is 5.70 Å². The van der Waals surface area contributed by atoms with Gasteiger partial charge in [-0.25, -0.2) is 0 Å². The van der Waals surface area contributed by atoms with Crippen molar-refractivity contribution in [3.63, 3.8) is 0 Å². The SMILES string of the molecule is C=C1C=C(C#N)NC(C)=NC1C. The maximum absolute atomic E-state index is 8.66. The van der Waals surface area contributed by atoms with Crippen LogP contribution in [0.2, 0.25) is 0 Å². The minimum absolute atomic E-state index is 0.0587. The zero-order valence-electron chi connectivity index (χ0n) is 7.26. The van der Waals surface area contributed by atoms with Crippen LogP contribution in [0.4, 0.5) is 0 Å². The van der Waals surface area contributed by atoms with Gasteiger partial charge < -0.3 is 5.32 Å². The Kier molecular flexibility index (Phi) is 2.29. The number of aliphatic imine (C=N–C) groups is 1. The highest BCUT2D eigenvalue weighted by molar-refractivity contribution is 5.83. The van der Waals surface area contributed by atoms with Crippen LogP contribution in [0.25, 0.3) is 0 Å². The standard InChI is InChI=1S/C9H11N3/c1-6-4-9(5-10)12-8(3)11-7(6)2/h4,7H,1H2,2-3H3,(H,11,12). The molecule has 12 heavy (non-hydrogen) atoms. The van der Waals surface area contributed by atoms with Crippen molar-refractivity contribution in [3.05, 3.63) is 23.9 Å². The quantitative estimate of drug-likeness (QED) is 0.583. The maximum atomic E-state index is 8.66. The van der Waals surface area contributed by atoms with Gasteiger partial charge in [-0.05, 0) is 25.5 Å². The second-order valence-electron chi connectivity index (χ2n) is 2.76. The smallest absolute Gasteiger partial charge is 0.119 e. The van der Waals surface area contributed by atoms with E-state index in [1.54, 1.807) is 6.08 Å². The maximum Gasteiger partial charge on any atom is 0.119 e. The molecule has 0 bridgehead atoms. The fourth-order valence-corrected chi connectivity index (χ4v) is 1.00. The van der Waals surface area contributed by atoms with Gasteiger partial charge in [0.25, 0.3) is 0 Å². The summed E-state index contributed by atoms with van der Waals surface area (Å²) in [4.78, 5) is 4.26. The Morgan fingerprint density at radius 1 is 1.75 bits per heavy atom. The van der Waals surface area contributed by atoms with Gasteiger partial charge in [0.1, 0.15) is 11.8 Å². The summed E-state index contributed by atoms with van der Waals surface area (Å²) in [7, 11) is 0. The Bertz CT molecular complexity index is 304. The molecule has 0 aromatic rings. The van der Waals surface area contributed by atoms with Crippen LogP contribution in [0.3, 0.4) is 0 Å². The van der Waals surface area contributed by atoms with Gasteiger partial charge in [0.05, 0.1) is 11.9 Å². The summed E-state index contributed by atoms with van der Waals surface area (Å²) in [5, 5.41) is 11.5. The molecule has 62 valence electrons. The van der Waals surface area contributed by atoms with E-state index in [2.05, 4.69) is 16.9 Å². The fraction of sp³-hybridized carbons (Fsp3) is 0.333. The van der Waals surface area contributed by atoms with Crippen molar-refractivity contribution in [3.8, 4) is 6.07 Å². The van der Waals surface area contributed by atoms with Gasteiger partial charge in [0.15, 0.2) is 0 Å². The molecule has 0 saturated carbocycles. The van der Waals surface area contributed by atoms with E-state index in [1.165, 1.54) is 0 Å². The highest BCUT2D eigenvalue weighted by atomic mass is 15.0. The Morgan fingerprint density at radius 3 is 3.00 bits per heavy atom. The zero-order chi connectivity index (χ0) is 9.14. The van der Waals surface area contributed by atoms with Crippen LogP contribution >= 0.6 is 0 Å². The molecule has 1 aliphatic heterocycles. The van der Waals surface area contributed by atoms with Crippen molar-refractivity contribution in [2.75, 3.05) is 0 Å². The number of nitriles is 1. The van der Waals surface area contributed by atoms with Gasteiger partial charge >= 0.3 is 0 Å². The lowest BCUT2D eigenvalue weighted by Gasteiger charge is -2.02. The van der Waals surface area contributed by atoms with Gasteiger partial charge in [-0.3, -0.25) is 4.99 Å². The third-order valence-corrected chi connectivity index (χ3v) is 1.69. The van der Waals surface area contributed by atoms with E-state index in [-0.39, 0.29) is 6.04 Å². The Labute approximate surface area is 72.1 Å². The molecule has 1 rings (SSSR count). The number of amidine groups is 1. The van der Waals surface area contributed by atoms with Gasteiger partial charge in [0.2, 0.25) is 0 Å². The van der Waals surface area contributed by atoms with Gasteiger partial charge in [-0.2, -0.15) is 5.26 Å². The Hall–Kier alpha value is -1.56. The average Bonchev–Trinajstić information content (AvgIpc) is 2.12. The van der Waals surface area contributed by atoms with Crippen molar-refractivity contribution < 1.29 is 0 Å². The van der Waals surface area contributed by atoms with Crippen LogP contribution in [0, 0.1) is 11.3 Å². The first-order chi connectivity index (χ1) is 5.63. The highest BCUT2D eigenvalue weighted by Crippen LogP contribution is 2.10. The second-order valence-corrected chi connectivity index (χ2v) is 2.76. The van der Waals surface area contributed by atoms with Gasteiger partial charge in [-0.15, -0.1) is 0 Å². The third-order valence-electron chi connectivity index (χ3n) is 1.69. The lowest BCUT2D eigenvalue weighted by molar-refractivity contribution is 0.889. The van der Waals surface area contributed by atoms with E-state index in [4.69, 9.17) is 5.26 Å². The predicted octanol–water partition coefficient (Wildman–Crippen LogP) is 1.36. The zero-order valence-corrected chi connectivity index (χ0v) is 7.26. The number of nitrogens with zero attached hydrogens (tertiary/aromatic N) is 2. The van der Waals surface area contributed by atoms with Crippen molar-refractivity contribution >= 4 is 5.84 Å². The van der Waals surface area contributed by atoms with Crippen LogP contribution in [0.5, 0.6) is 0 Å². The van der Waals surface area contributed by atoms with Crippen molar-refractivity contribution in [1.29, 1.82) is 5.26 Å². The summed E-state index contributed by atoms with van der Waals surface area (Å²) < 4.78 is 0. The first-order valence-electron chi connectivity index (χ1n) is 3.75. The molecule has 0 saturated heterocycles. The minimum Gasteiger partial charge on any atom is -0.336 e. The lowest BCUT2D eigenvalue weighted by Crippen LogP contribution is -2.18. The molecular weight excluding hydrogens is 150 g/mol. The third kappa shape index (κ3) is 1.73. The molecule has 0 aliphatic carbocycles. The molecule has 3 nitrogen and oxygen atoms in total. The fourth-order valence-electron chi connectivity index (χ4n) is 1.00. The normalized spacial score (nSPS) is 23.1. The summed E-state index contributed by atoms with van der Waals surface area (Å²) >= 11 is 0. The molecule has 1 atom stereocenters. The van der Waals surface area contributed by atoms with Crippen molar-refractivity contribution in [1.82, 2.24) is 5.32 Å². The molecule has 0 aromatic carbocycles. The summed E-state index contributed by atoms with van der Waals surface area (Å²) in [6.07, 6.45) is 1.73. The molecule has 1 heterocycles. The molecular formula is C9H11N3. The summed E-state index contributed by atoms with van der Waals surface area (Å²) in [6.45, 7) is 7.60. The molecule has 1 aliphatic rings. The van der Waals surface area contributed by atoms with Crippen LogP contribution < -0.4 is 5.32 Å². The van der Waals surface area contributed by atoms with Crippen LogP contribution in [-0.2, 0) is 0 Å². The topological polar surface area (TPSA) is 48.2 Å².